The van der Waals surface area contributed by atoms with Crippen molar-refractivity contribution in [3.8, 4) is 5.75 Å². The molecule has 1 N–H and O–H groups in total. The molecule has 1 aromatic carbocycles. The van der Waals surface area contributed by atoms with E-state index >= 15 is 0 Å². The Balaban J connectivity index is 1.93. The highest BCUT2D eigenvalue weighted by molar-refractivity contribution is 5.78. The molecule has 0 spiro atoms. The number of amides is 1. The van der Waals surface area contributed by atoms with Crippen LogP contribution in [0, 0.1) is 6.92 Å². The average Bonchev–Trinajstić information content (AvgIpc) is 3.19. The smallest absolute Gasteiger partial charge is 0.222 e. The van der Waals surface area contributed by atoms with Gasteiger partial charge in [-0.3, -0.25) is 4.79 Å². The lowest BCUT2D eigenvalue weighted by atomic mass is 10.0. The van der Waals surface area contributed by atoms with Crippen LogP contribution >= 0.6 is 0 Å². The topological polar surface area (TPSA) is 49.5 Å². The number of hydrogen-bond acceptors (Lipinski definition) is 3. The summed E-state index contributed by atoms with van der Waals surface area (Å²) < 4.78 is 5.18. The highest BCUT2D eigenvalue weighted by Gasteiger charge is 2.24. The van der Waals surface area contributed by atoms with Crippen LogP contribution in [0.2, 0.25) is 0 Å². The van der Waals surface area contributed by atoms with Gasteiger partial charge in [-0.2, -0.15) is 0 Å². The molecule has 0 aliphatic carbocycles. The lowest BCUT2D eigenvalue weighted by molar-refractivity contribution is -0.126. The number of aryl methyl sites for hydroxylation is 1. The van der Waals surface area contributed by atoms with Crippen molar-refractivity contribution < 1.29 is 14.6 Å². The number of aliphatic hydroxyl groups is 1. The molecular weight excluding hydrogens is 230 g/mol. The molecule has 0 radical (unpaired) electrons. The molecule has 1 aromatic rings. The zero-order valence-electron chi connectivity index (χ0n) is 10.8. The number of methoxy groups -OCH3 is 1. The van der Waals surface area contributed by atoms with Gasteiger partial charge in [-0.05, 0) is 36.6 Å². The minimum atomic E-state index is -0.585. The Morgan fingerprint density at radius 3 is 2.78 bits per heavy atom. The SMILES string of the molecule is COc1ccc(C(O)CCC(=O)N2CC2)cc1C. The number of hydrogen-bond donors (Lipinski definition) is 1. The van der Waals surface area contributed by atoms with E-state index in [9.17, 15) is 9.90 Å². The van der Waals surface area contributed by atoms with Gasteiger partial charge in [-0.1, -0.05) is 6.07 Å². The van der Waals surface area contributed by atoms with Crippen LogP contribution in [-0.4, -0.2) is 36.1 Å². The van der Waals surface area contributed by atoms with Gasteiger partial charge in [-0.25, -0.2) is 0 Å². The number of ether oxygens (including phenoxy) is 1. The maximum atomic E-state index is 11.5. The summed E-state index contributed by atoms with van der Waals surface area (Å²) in [7, 11) is 1.63. The summed E-state index contributed by atoms with van der Waals surface area (Å²) >= 11 is 0. The van der Waals surface area contributed by atoms with E-state index in [0.29, 0.717) is 12.8 Å². The number of carbonyl (C=O) groups is 1. The molecule has 98 valence electrons. The van der Waals surface area contributed by atoms with Crippen LogP contribution in [-0.2, 0) is 4.79 Å². The quantitative estimate of drug-likeness (QED) is 0.807. The largest absolute Gasteiger partial charge is 0.496 e. The highest BCUT2D eigenvalue weighted by atomic mass is 16.5. The first-order chi connectivity index (χ1) is 8.61. The third-order valence-electron chi connectivity index (χ3n) is 3.24. The number of nitrogens with zero attached hydrogens (tertiary/aromatic N) is 1. The second-order valence-electron chi connectivity index (χ2n) is 4.66. The van der Waals surface area contributed by atoms with E-state index in [4.69, 9.17) is 4.74 Å². The second kappa shape index (κ2) is 5.40. The molecule has 4 nitrogen and oxygen atoms in total. The first-order valence-electron chi connectivity index (χ1n) is 6.22. The molecular formula is C14H19NO3. The second-order valence-corrected chi connectivity index (χ2v) is 4.66. The summed E-state index contributed by atoms with van der Waals surface area (Å²) in [6, 6.07) is 5.60. The normalized spacial score (nSPS) is 15.4. The molecule has 0 bridgehead atoms. The minimum absolute atomic E-state index is 0.138. The molecule has 1 unspecified atom stereocenters. The summed E-state index contributed by atoms with van der Waals surface area (Å²) in [6.45, 7) is 3.68. The number of rotatable bonds is 5. The Morgan fingerprint density at radius 1 is 1.50 bits per heavy atom. The van der Waals surface area contributed by atoms with Gasteiger partial charge in [0, 0.05) is 19.5 Å². The lowest BCUT2D eigenvalue weighted by Crippen LogP contribution is -2.11. The van der Waals surface area contributed by atoms with Crippen LogP contribution in [0.25, 0.3) is 0 Å². The summed E-state index contributed by atoms with van der Waals surface area (Å²) in [5.41, 5.74) is 1.83. The molecule has 1 aliphatic rings. The van der Waals surface area contributed by atoms with Gasteiger partial charge in [0.05, 0.1) is 13.2 Å². The van der Waals surface area contributed by atoms with E-state index in [1.807, 2.05) is 25.1 Å². The third kappa shape index (κ3) is 3.01. The summed E-state index contributed by atoms with van der Waals surface area (Å²) in [6.07, 6.45) is 0.298. The van der Waals surface area contributed by atoms with Gasteiger partial charge in [0.2, 0.25) is 5.91 Å². The van der Waals surface area contributed by atoms with Crippen molar-refractivity contribution in [2.75, 3.05) is 20.2 Å². The van der Waals surface area contributed by atoms with Gasteiger partial charge < -0.3 is 14.7 Å². The van der Waals surface area contributed by atoms with Gasteiger partial charge in [0.15, 0.2) is 0 Å². The zero-order chi connectivity index (χ0) is 13.1. The van der Waals surface area contributed by atoms with Crippen molar-refractivity contribution in [3.63, 3.8) is 0 Å². The first-order valence-corrected chi connectivity index (χ1v) is 6.22. The molecule has 1 amide bonds. The summed E-state index contributed by atoms with van der Waals surface area (Å²) in [4.78, 5) is 13.3. The van der Waals surface area contributed by atoms with Crippen molar-refractivity contribution in [1.82, 2.24) is 4.90 Å². The van der Waals surface area contributed by atoms with Gasteiger partial charge in [0.25, 0.3) is 0 Å². The standard InChI is InChI=1S/C14H19NO3/c1-10-9-11(3-5-13(10)18-2)12(16)4-6-14(17)15-7-8-15/h3,5,9,12,16H,4,6-8H2,1-2H3. The number of benzene rings is 1. The van der Waals surface area contributed by atoms with E-state index in [2.05, 4.69) is 0 Å². The maximum Gasteiger partial charge on any atom is 0.222 e. The van der Waals surface area contributed by atoms with Gasteiger partial charge in [-0.15, -0.1) is 0 Å². The Labute approximate surface area is 107 Å². The molecule has 0 saturated carbocycles. The highest BCUT2D eigenvalue weighted by Crippen LogP contribution is 2.25. The molecule has 2 rings (SSSR count). The molecule has 1 aliphatic heterocycles. The average molecular weight is 249 g/mol. The van der Waals surface area contributed by atoms with E-state index in [1.165, 1.54) is 0 Å². The van der Waals surface area contributed by atoms with Crippen molar-refractivity contribution in [2.45, 2.75) is 25.9 Å². The van der Waals surface area contributed by atoms with Crippen molar-refractivity contribution in [1.29, 1.82) is 0 Å². The Morgan fingerprint density at radius 2 is 2.22 bits per heavy atom. The van der Waals surface area contributed by atoms with E-state index in [1.54, 1.807) is 12.0 Å². The molecule has 18 heavy (non-hydrogen) atoms. The fourth-order valence-electron chi connectivity index (χ4n) is 1.99. The monoisotopic (exact) mass is 249 g/mol. The van der Waals surface area contributed by atoms with Crippen LogP contribution in [0.5, 0.6) is 5.75 Å². The van der Waals surface area contributed by atoms with E-state index in [-0.39, 0.29) is 5.91 Å². The van der Waals surface area contributed by atoms with Crippen LogP contribution in [0.1, 0.15) is 30.1 Å². The minimum Gasteiger partial charge on any atom is -0.496 e. The van der Waals surface area contributed by atoms with Crippen molar-refractivity contribution in [3.05, 3.63) is 29.3 Å². The first kappa shape index (κ1) is 12.9. The van der Waals surface area contributed by atoms with Gasteiger partial charge >= 0.3 is 0 Å². The molecule has 0 aromatic heterocycles. The summed E-state index contributed by atoms with van der Waals surface area (Å²) in [5, 5.41) is 10.0. The molecule has 1 atom stereocenters. The number of aliphatic hydroxyl groups excluding tert-OH is 1. The van der Waals surface area contributed by atoms with Gasteiger partial charge in [0.1, 0.15) is 5.75 Å². The predicted molar refractivity (Wildman–Crippen MR) is 68.5 cm³/mol. The Kier molecular flexibility index (Phi) is 3.87. The van der Waals surface area contributed by atoms with E-state index < -0.39 is 6.10 Å². The Hall–Kier alpha value is -1.55. The van der Waals surface area contributed by atoms with Crippen LogP contribution in [0.4, 0.5) is 0 Å². The zero-order valence-corrected chi connectivity index (χ0v) is 10.8. The molecule has 1 heterocycles. The van der Waals surface area contributed by atoms with E-state index in [0.717, 1.165) is 30.0 Å². The molecule has 1 fully saturated rings. The van der Waals surface area contributed by atoms with Crippen LogP contribution in [0.15, 0.2) is 18.2 Å². The van der Waals surface area contributed by atoms with Crippen LogP contribution < -0.4 is 4.74 Å². The lowest BCUT2D eigenvalue weighted by Gasteiger charge is -2.13. The molecule has 1 saturated heterocycles. The fourth-order valence-corrected chi connectivity index (χ4v) is 1.99. The van der Waals surface area contributed by atoms with Crippen molar-refractivity contribution >= 4 is 5.91 Å². The van der Waals surface area contributed by atoms with Crippen molar-refractivity contribution in [2.24, 2.45) is 0 Å². The molecule has 4 heteroatoms. The third-order valence-corrected chi connectivity index (χ3v) is 3.24. The maximum absolute atomic E-state index is 11.5. The summed E-state index contributed by atoms with van der Waals surface area (Å²) in [5.74, 6) is 0.949. The fraction of sp³-hybridized carbons (Fsp3) is 0.500. The predicted octanol–water partition coefficient (Wildman–Crippen LogP) is 1.66. The van der Waals surface area contributed by atoms with Crippen LogP contribution in [0.3, 0.4) is 0 Å². The number of carbonyl (C=O) groups excluding carboxylic acids is 1. The Bertz CT molecular complexity index is 441.